The summed E-state index contributed by atoms with van der Waals surface area (Å²) in [5.41, 5.74) is 2.17. The van der Waals surface area contributed by atoms with Gasteiger partial charge in [0, 0.05) is 11.1 Å². The second-order valence-electron chi connectivity index (χ2n) is 4.36. The molecule has 0 spiro atoms. The summed E-state index contributed by atoms with van der Waals surface area (Å²) in [6.07, 6.45) is 0. The SMILES string of the molecule is N#Cc1nc(-c2ccc(O)cc2)nnc1-c1ccccc1. The predicted octanol–water partition coefficient (Wildman–Crippen LogP) is 2.78. The molecule has 0 fully saturated rings. The Hall–Kier alpha value is -3.26. The van der Waals surface area contributed by atoms with Crippen LogP contribution in [-0.4, -0.2) is 20.3 Å². The molecule has 1 heterocycles. The van der Waals surface area contributed by atoms with Crippen molar-refractivity contribution in [3.8, 4) is 34.5 Å². The van der Waals surface area contributed by atoms with Crippen LogP contribution in [0, 0.1) is 11.3 Å². The highest BCUT2D eigenvalue weighted by Crippen LogP contribution is 2.22. The fourth-order valence-corrected chi connectivity index (χ4v) is 1.93. The summed E-state index contributed by atoms with van der Waals surface area (Å²) < 4.78 is 0. The van der Waals surface area contributed by atoms with Crippen LogP contribution in [0.2, 0.25) is 0 Å². The number of benzene rings is 2. The molecule has 3 aromatic rings. The molecule has 0 aliphatic carbocycles. The normalized spacial score (nSPS) is 10.0. The van der Waals surface area contributed by atoms with Crippen molar-refractivity contribution in [1.29, 1.82) is 5.26 Å². The summed E-state index contributed by atoms with van der Waals surface area (Å²) in [6, 6.07) is 17.8. The van der Waals surface area contributed by atoms with Gasteiger partial charge in [-0.05, 0) is 24.3 Å². The molecule has 0 radical (unpaired) electrons. The monoisotopic (exact) mass is 274 g/mol. The molecule has 0 bridgehead atoms. The lowest BCUT2D eigenvalue weighted by Gasteiger charge is -2.04. The van der Waals surface area contributed by atoms with Crippen molar-refractivity contribution in [2.45, 2.75) is 0 Å². The molecule has 5 nitrogen and oxygen atoms in total. The molecule has 0 aliphatic heterocycles. The fraction of sp³-hybridized carbons (Fsp3) is 0. The molecule has 0 saturated heterocycles. The van der Waals surface area contributed by atoms with Gasteiger partial charge in [-0.3, -0.25) is 0 Å². The van der Waals surface area contributed by atoms with E-state index in [-0.39, 0.29) is 11.4 Å². The van der Waals surface area contributed by atoms with Crippen molar-refractivity contribution >= 4 is 0 Å². The van der Waals surface area contributed by atoms with Crippen LogP contribution >= 0.6 is 0 Å². The number of rotatable bonds is 2. The van der Waals surface area contributed by atoms with E-state index < -0.39 is 0 Å². The van der Waals surface area contributed by atoms with Crippen molar-refractivity contribution in [3.63, 3.8) is 0 Å². The van der Waals surface area contributed by atoms with E-state index in [0.29, 0.717) is 17.1 Å². The molecule has 0 aliphatic rings. The van der Waals surface area contributed by atoms with E-state index in [9.17, 15) is 10.4 Å². The van der Waals surface area contributed by atoms with Gasteiger partial charge in [-0.2, -0.15) is 5.26 Å². The van der Waals surface area contributed by atoms with E-state index in [1.165, 1.54) is 12.1 Å². The summed E-state index contributed by atoms with van der Waals surface area (Å²) in [5.74, 6) is 0.513. The van der Waals surface area contributed by atoms with Crippen LogP contribution in [0.5, 0.6) is 5.75 Å². The first-order chi connectivity index (χ1) is 10.3. The Morgan fingerprint density at radius 2 is 1.57 bits per heavy atom. The number of aromatic hydroxyl groups is 1. The van der Waals surface area contributed by atoms with Gasteiger partial charge in [0.1, 0.15) is 17.5 Å². The lowest BCUT2D eigenvalue weighted by Crippen LogP contribution is -2.00. The molecule has 2 aromatic carbocycles. The number of hydrogen-bond acceptors (Lipinski definition) is 5. The Morgan fingerprint density at radius 1 is 0.857 bits per heavy atom. The van der Waals surface area contributed by atoms with Crippen LogP contribution in [0.1, 0.15) is 5.69 Å². The molecule has 0 atom stereocenters. The van der Waals surface area contributed by atoms with Crippen molar-refractivity contribution in [3.05, 3.63) is 60.3 Å². The average molecular weight is 274 g/mol. The van der Waals surface area contributed by atoms with E-state index >= 15 is 0 Å². The van der Waals surface area contributed by atoms with Crippen molar-refractivity contribution in [2.24, 2.45) is 0 Å². The van der Waals surface area contributed by atoms with Gasteiger partial charge in [-0.1, -0.05) is 30.3 Å². The lowest BCUT2D eigenvalue weighted by atomic mass is 10.1. The number of nitriles is 1. The summed E-state index contributed by atoms with van der Waals surface area (Å²) in [6.45, 7) is 0. The largest absolute Gasteiger partial charge is 0.508 e. The van der Waals surface area contributed by atoms with Crippen LogP contribution in [0.3, 0.4) is 0 Å². The first kappa shape index (κ1) is 12.8. The maximum atomic E-state index is 9.29. The van der Waals surface area contributed by atoms with Gasteiger partial charge in [-0.25, -0.2) is 4.98 Å². The van der Waals surface area contributed by atoms with Gasteiger partial charge in [0.15, 0.2) is 11.5 Å². The van der Waals surface area contributed by atoms with Gasteiger partial charge < -0.3 is 5.11 Å². The van der Waals surface area contributed by atoms with Crippen LogP contribution in [0.15, 0.2) is 54.6 Å². The summed E-state index contributed by atoms with van der Waals surface area (Å²) >= 11 is 0. The van der Waals surface area contributed by atoms with Crippen LogP contribution < -0.4 is 0 Å². The molecule has 1 aromatic heterocycles. The van der Waals surface area contributed by atoms with Crippen LogP contribution in [-0.2, 0) is 0 Å². The number of hydrogen-bond donors (Lipinski definition) is 1. The van der Waals surface area contributed by atoms with Crippen molar-refractivity contribution < 1.29 is 5.11 Å². The van der Waals surface area contributed by atoms with Gasteiger partial charge in [-0.15, -0.1) is 10.2 Å². The molecular formula is C16H10N4O. The maximum Gasteiger partial charge on any atom is 0.183 e. The van der Waals surface area contributed by atoms with Gasteiger partial charge in [0.2, 0.25) is 0 Å². The highest BCUT2D eigenvalue weighted by atomic mass is 16.3. The Kier molecular flexibility index (Phi) is 3.27. The van der Waals surface area contributed by atoms with Gasteiger partial charge in [0.25, 0.3) is 0 Å². The topological polar surface area (TPSA) is 82.7 Å². The first-order valence-corrected chi connectivity index (χ1v) is 6.27. The maximum absolute atomic E-state index is 9.29. The molecule has 0 unspecified atom stereocenters. The molecule has 1 N–H and O–H groups in total. The molecule has 0 amide bonds. The third kappa shape index (κ3) is 2.55. The standard InChI is InChI=1S/C16H10N4O/c17-10-14-15(11-4-2-1-3-5-11)19-20-16(18-14)12-6-8-13(21)9-7-12/h1-9,21H. The van der Waals surface area contributed by atoms with E-state index in [1.54, 1.807) is 12.1 Å². The van der Waals surface area contributed by atoms with Gasteiger partial charge >= 0.3 is 0 Å². The van der Waals surface area contributed by atoms with E-state index in [4.69, 9.17) is 0 Å². The second kappa shape index (κ2) is 5.39. The third-order valence-electron chi connectivity index (χ3n) is 2.97. The molecule has 5 heteroatoms. The average Bonchev–Trinajstić information content (AvgIpc) is 2.56. The summed E-state index contributed by atoms with van der Waals surface area (Å²) in [7, 11) is 0. The number of phenols is 1. The third-order valence-corrected chi connectivity index (χ3v) is 2.97. The molecule has 21 heavy (non-hydrogen) atoms. The second-order valence-corrected chi connectivity index (χ2v) is 4.36. The zero-order valence-corrected chi connectivity index (χ0v) is 10.9. The summed E-state index contributed by atoms with van der Waals surface area (Å²) in [4.78, 5) is 4.25. The highest BCUT2D eigenvalue weighted by molar-refractivity contribution is 5.66. The highest BCUT2D eigenvalue weighted by Gasteiger charge is 2.11. The minimum Gasteiger partial charge on any atom is -0.508 e. The predicted molar refractivity (Wildman–Crippen MR) is 77.1 cm³/mol. The zero-order valence-electron chi connectivity index (χ0n) is 10.9. The Bertz CT molecular complexity index is 808. The van der Waals surface area contributed by atoms with Crippen LogP contribution in [0.25, 0.3) is 22.6 Å². The lowest BCUT2D eigenvalue weighted by molar-refractivity contribution is 0.475. The van der Waals surface area contributed by atoms with Crippen LogP contribution in [0.4, 0.5) is 0 Å². The van der Waals surface area contributed by atoms with E-state index in [2.05, 4.69) is 21.3 Å². The molecule has 0 saturated carbocycles. The van der Waals surface area contributed by atoms with Crippen molar-refractivity contribution in [2.75, 3.05) is 0 Å². The number of nitrogens with zero attached hydrogens (tertiary/aromatic N) is 4. The fourth-order valence-electron chi connectivity index (χ4n) is 1.93. The number of phenolic OH excluding ortho intramolecular Hbond substituents is 1. The summed E-state index contributed by atoms with van der Waals surface area (Å²) in [5, 5.41) is 26.8. The smallest absolute Gasteiger partial charge is 0.183 e. The molecule has 100 valence electrons. The minimum atomic E-state index is 0.160. The molecule has 3 rings (SSSR count). The van der Waals surface area contributed by atoms with E-state index in [1.807, 2.05) is 30.3 Å². The van der Waals surface area contributed by atoms with E-state index in [0.717, 1.165) is 5.56 Å². The Balaban J connectivity index is 2.08. The zero-order chi connectivity index (χ0) is 14.7. The van der Waals surface area contributed by atoms with Gasteiger partial charge in [0.05, 0.1) is 0 Å². The van der Waals surface area contributed by atoms with Crippen molar-refractivity contribution in [1.82, 2.24) is 15.2 Å². The Labute approximate surface area is 121 Å². The molecular weight excluding hydrogens is 264 g/mol. The quantitative estimate of drug-likeness (QED) is 0.776. The first-order valence-electron chi connectivity index (χ1n) is 6.27. The minimum absolute atomic E-state index is 0.160. The number of aromatic nitrogens is 3. The Morgan fingerprint density at radius 3 is 2.24 bits per heavy atom.